The molecule has 24 heavy (non-hydrogen) atoms. The maximum Gasteiger partial charge on any atom is 0.278 e. The summed E-state index contributed by atoms with van der Waals surface area (Å²) in [4.78, 5) is 49.3. The molecule has 14 heteroatoms. The molecular formula is C10H8N12O2. The summed E-state index contributed by atoms with van der Waals surface area (Å²) in [5.41, 5.74) is 5.01. The molecule has 0 fully saturated rings. The highest BCUT2D eigenvalue weighted by Gasteiger charge is 2.06. The van der Waals surface area contributed by atoms with E-state index in [1.807, 2.05) is 0 Å². The van der Waals surface area contributed by atoms with E-state index in [0.717, 1.165) is 0 Å². The normalized spacial score (nSPS) is 11.5. The molecule has 4 heterocycles. The molecule has 0 atom stereocenters. The van der Waals surface area contributed by atoms with Crippen LogP contribution in [0.5, 0.6) is 0 Å². The fourth-order valence-corrected chi connectivity index (χ4v) is 1.93. The van der Waals surface area contributed by atoms with E-state index in [4.69, 9.17) is 0 Å². The standard InChI is InChI=1S/C10H8N12O2/c23-7-3-5(13-1-11-3)15-9(17-7)19-21-22-20-10-16-6-4(8(24)18-10)12-2-14-6/h1-2H,(H3,11,13,15,17,19,22,23)(H3,12,14,16,18,20,21,24). The third-order valence-corrected chi connectivity index (χ3v) is 2.95. The molecule has 0 radical (unpaired) electrons. The molecule has 0 aliphatic heterocycles. The molecule has 4 rings (SSSR count). The zero-order valence-electron chi connectivity index (χ0n) is 11.7. The minimum atomic E-state index is -0.422. The zero-order valence-corrected chi connectivity index (χ0v) is 11.7. The van der Waals surface area contributed by atoms with E-state index < -0.39 is 11.1 Å². The van der Waals surface area contributed by atoms with Crippen molar-refractivity contribution >= 4 is 34.2 Å². The first-order chi connectivity index (χ1) is 11.7. The van der Waals surface area contributed by atoms with Gasteiger partial charge in [0.2, 0.25) is 5.95 Å². The number of fused-ring (bicyclic) bond motifs is 2. The molecule has 0 aliphatic rings. The Labute approximate surface area is 129 Å². The van der Waals surface area contributed by atoms with Crippen molar-refractivity contribution in [3.05, 3.63) is 33.4 Å². The SMILES string of the molecule is O=c1[nH]c(/N=N/NNc2nc3nc[nH]c3c(=O)[nH]2)nc2nc[nH]c12. The highest BCUT2D eigenvalue weighted by molar-refractivity contribution is 5.70. The van der Waals surface area contributed by atoms with E-state index in [2.05, 4.69) is 61.2 Å². The van der Waals surface area contributed by atoms with E-state index in [9.17, 15) is 9.59 Å². The molecule has 0 spiro atoms. The van der Waals surface area contributed by atoms with Crippen LogP contribution in [0.3, 0.4) is 0 Å². The quantitative estimate of drug-likeness (QED) is 0.207. The van der Waals surface area contributed by atoms with Crippen LogP contribution in [-0.2, 0) is 0 Å². The van der Waals surface area contributed by atoms with Crippen molar-refractivity contribution in [1.29, 1.82) is 0 Å². The molecule has 120 valence electrons. The fraction of sp³-hybridized carbons (Fsp3) is 0. The number of imidazole rings is 2. The van der Waals surface area contributed by atoms with Gasteiger partial charge in [0.1, 0.15) is 0 Å². The fourth-order valence-electron chi connectivity index (χ4n) is 1.93. The van der Waals surface area contributed by atoms with Crippen LogP contribution >= 0.6 is 0 Å². The lowest BCUT2D eigenvalue weighted by Gasteiger charge is -2.01. The number of rotatable bonds is 4. The van der Waals surface area contributed by atoms with E-state index in [1.54, 1.807) is 0 Å². The topological polar surface area (TPSA) is 198 Å². The van der Waals surface area contributed by atoms with Gasteiger partial charge in [-0.2, -0.15) is 15.5 Å². The van der Waals surface area contributed by atoms with Crippen LogP contribution < -0.4 is 22.1 Å². The molecule has 0 saturated heterocycles. The first-order valence-corrected chi connectivity index (χ1v) is 6.49. The van der Waals surface area contributed by atoms with E-state index in [1.165, 1.54) is 12.7 Å². The van der Waals surface area contributed by atoms with Gasteiger partial charge in [0.05, 0.1) is 12.7 Å². The van der Waals surface area contributed by atoms with Gasteiger partial charge in [-0.05, 0) is 0 Å². The van der Waals surface area contributed by atoms with Gasteiger partial charge in [0, 0.05) is 0 Å². The van der Waals surface area contributed by atoms with Crippen LogP contribution in [0.25, 0.3) is 22.3 Å². The highest BCUT2D eigenvalue weighted by Crippen LogP contribution is 2.06. The number of nitrogens with one attached hydrogen (secondary N) is 6. The van der Waals surface area contributed by atoms with Crippen molar-refractivity contribution < 1.29 is 0 Å². The number of hydrogen-bond donors (Lipinski definition) is 6. The highest BCUT2D eigenvalue weighted by atomic mass is 16.1. The van der Waals surface area contributed by atoms with Crippen molar-refractivity contribution in [2.24, 2.45) is 10.3 Å². The number of aromatic nitrogens is 8. The molecule has 0 unspecified atom stereocenters. The maximum absolute atomic E-state index is 11.7. The lowest BCUT2D eigenvalue weighted by Crippen LogP contribution is -2.20. The molecule has 6 N–H and O–H groups in total. The molecule has 4 aromatic heterocycles. The summed E-state index contributed by atoms with van der Waals surface area (Å²) < 4.78 is 0. The first kappa shape index (κ1) is 13.6. The first-order valence-electron chi connectivity index (χ1n) is 6.49. The third-order valence-electron chi connectivity index (χ3n) is 2.95. The molecule has 0 aliphatic carbocycles. The number of aromatic amines is 4. The Morgan fingerprint density at radius 3 is 2.33 bits per heavy atom. The van der Waals surface area contributed by atoms with E-state index >= 15 is 0 Å². The second-order valence-corrected chi connectivity index (χ2v) is 4.44. The van der Waals surface area contributed by atoms with Gasteiger partial charge < -0.3 is 9.97 Å². The van der Waals surface area contributed by atoms with Crippen LogP contribution in [0.1, 0.15) is 0 Å². The third kappa shape index (κ3) is 2.32. The summed E-state index contributed by atoms with van der Waals surface area (Å²) in [5.74, 6) is 0.0425. The number of anilines is 1. The van der Waals surface area contributed by atoms with Crippen molar-refractivity contribution in [2.75, 3.05) is 5.43 Å². The Bertz CT molecular complexity index is 1160. The maximum atomic E-state index is 11.7. The Kier molecular flexibility index (Phi) is 2.98. The Morgan fingerprint density at radius 1 is 0.917 bits per heavy atom. The summed E-state index contributed by atoms with van der Waals surface area (Å²) in [7, 11) is 0. The monoisotopic (exact) mass is 328 g/mol. The van der Waals surface area contributed by atoms with E-state index in [-0.39, 0.29) is 34.2 Å². The predicted octanol–water partition coefficient (Wildman–Crippen LogP) is -0.779. The Hall–Kier alpha value is -4.10. The van der Waals surface area contributed by atoms with Crippen LogP contribution in [0.2, 0.25) is 0 Å². The molecule has 0 bridgehead atoms. The molecular weight excluding hydrogens is 320 g/mol. The average Bonchev–Trinajstić information content (AvgIpc) is 3.20. The summed E-state index contributed by atoms with van der Waals surface area (Å²) in [6, 6.07) is 0. The Morgan fingerprint density at radius 2 is 1.58 bits per heavy atom. The number of H-pyrrole nitrogens is 4. The van der Waals surface area contributed by atoms with Gasteiger partial charge in [-0.15, -0.1) is 0 Å². The van der Waals surface area contributed by atoms with Crippen molar-refractivity contribution in [3.8, 4) is 0 Å². The van der Waals surface area contributed by atoms with E-state index in [0.29, 0.717) is 0 Å². The van der Waals surface area contributed by atoms with Crippen LogP contribution in [-0.4, -0.2) is 39.9 Å². The lowest BCUT2D eigenvalue weighted by atomic mass is 10.5. The van der Waals surface area contributed by atoms with Gasteiger partial charge in [-0.1, -0.05) is 10.3 Å². The summed E-state index contributed by atoms with van der Waals surface area (Å²) in [5, 5.41) is 7.25. The molecule has 0 aromatic carbocycles. The second-order valence-electron chi connectivity index (χ2n) is 4.44. The predicted molar refractivity (Wildman–Crippen MR) is 80.3 cm³/mol. The number of hydrogen-bond acceptors (Lipinski definition) is 9. The van der Waals surface area contributed by atoms with Crippen LogP contribution in [0.4, 0.5) is 11.9 Å². The largest absolute Gasteiger partial charge is 0.339 e. The van der Waals surface area contributed by atoms with Gasteiger partial charge in [0.15, 0.2) is 22.3 Å². The molecule has 14 nitrogen and oxygen atoms in total. The van der Waals surface area contributed by atoms with Crippen molar-refractivity contribution in [2.45, 2.75) is 0 Å². The summed E-state index contributed by atoms with van der Waals surface area (Å²) >= 11 is 0. The van der Waals surface area contributed by atoms with Gasteiger partial charge in [0.25, 0.3) is 17.1 Å². The number of nitrogens with zero attached hydrogens (tertiary/aromatic N) is 6. The van der Waals surface area contributed by atoms with Crippen molar-refractivity contribution in [3.63, 3.8) is 0 Å². The molecule has 0 amide bonds. The van der Waals surface area contributed by atoms with Gasteiger partial charge >= 0.3 is 0 Å². The van der Waals surface area contributed by atoms with Crippen LogP contribution in [0, 0.1) is 0 Å². The van der Waals surface area contributed by atoms with Crippen LogP contribution in [0.15, 0.2) is 32.6 Å². The molecule has 0 saturated carbocycles. The second kappa shape index (κ2) is 5.27. The summed E-state index contributed by atoms with van der Waals surface area (Å²) in [6.45, 7) is 0. The minimum absolute atomic E-state index is 0.0434. The van der Waals surface area contributed by atoms with Gasteiger partial charge in [-0.3, -0.25) is 25.0 Å². The Balaban J connectivity index is 1.50. The van der Waals surface area contributed by atoms with Crippen molar-refractivity contribution in [1.82, 2.24) is 45.4 Å². The average molecular weight is 328 g/mol. The minimum Gasteiger partial charge on any atom is -0.339 e. The smallest absolute Gasteiger partial charge is 0.278 e. The zero-order chi connectivity index (χ0) is 16.5. The van der Waals surface area contributed by atoms with Gasteiger partial charge in [-0.25, -0.2) is 9.97 Å². The summed E-state index contributed by atoms with van der Waals surface area (Å²) in [6.07, 6.45) is 2.71. The lowest BCUT2D eigenvalue weighted by molar-refractivity contribution is 0.780. The molecule has 4 aromatic rings. The number of hydrazine groups is 1.